The molecule has 1 aromatic rings. The molecule has 5 nitrogen and oxygen atoms in total. The van der Waals surface area contributed by atoms with Crippen LogP contribution in [-0.4, -0.2) is 34.0 Å². The highest BCUT2D eigenvalue weighted by Crippen LogP contribution is 2.37. The number of aromatic hydroxyl groups is 1. The standard InChI is InChI=1S/C15H18Br2O5/c1-2-22-12(5-3-4-6-13(18)19)15(21)10-7-9(16)8-11(17)14(10)20/h4,6-8,12,15,20-21H,2-3,5H2,1H3,(H,18,19)/b6-4+/t12-,15-/m0/s1. The van der Waals surface area contributed by atoms with Crippen molar-refractivity contribution in [2.75, 3.05) is 6.61 Å². The van der Waals surface area contributed by atoms with Gasteiger partial charge in [-0.05, 0) is 47.8 Å². The van der Waals surface area contributed by atoms with Gasteiger partial charge in [0.05, 0.1) is 10.6 Å². The van der Waals surface area contributed by atoms with Crippen LogP contribution in [0.1, 0.15) is 31.4 Å². The summed E-state index contributed by atoms with van der Waals surface area (Å²) in [5, 5.41) is 29.1. The second kappa shape index (κ2) is 9.29. The van der Waals surface area contributed by atoms with Crippen LogP contribution in [0.5, 0.6) is 5.75 Å². The first-order valence-electron chi connectivity index (χ1n) is 6.73. The Morgan fingerprint density at radius 3 is 2.68 bits per heavy atom. The number of halogens is 2. The van der Waals surface area contributed by atoms with Gasteiger partial charge in [0.1, 0.15) is 11.9 Å². The molecular weight excluding hydrogens is 420 g/mol. The number of aliphatic carboxylic acids is 1. The van der Waals surface area contributed by atoms with Crippen LogP contribution >= 0.6 is 31.9 Å². The second-order valence-corrected chi connectivity index (χ2v) is 6.35. The van der Waals surface area contributed by atoms with Gasteiger partial charge in [-0.3, -0.25) is 0 Å². The number of ether oxygens (including phenoxy) is 1. The molecule has 0 saturated carbocycles. The zero-order valence-corrected chi connectivity index (χ0v) is 15.2. The highest BCUT2D eigenvalue weighted by Gasteiger charge is 2.24. The number of phenols is 1. The molecule has 0 bridgehead atoms. The van der Waals surface area contributed by atoms with E-state index in [2.05, 4.69) is 31.9 Å². The molecule has 122 valence electrons. The van der Waals surface area contributed by atoms with Crippen molar-refractivity contribution < 1.29 is 24.9 Å². The van der Waals surface area contributed by atoms with Gasteiger partial charge < -0.3 is 20.1 Å². The molecule has 0 aliphatic carbocycles. The average molecular weight is 438 g/mol. The third-order valence-corrected chi connectivity index (χ3v) is 4.05. The van der Waals surface area contributed by atoms with Gasteiger partial charge in [0.2, 0.25) is 0 Å². The Labute approximate surface area is 145 Å². The number of aliphatic hydroxyl groups excluding tert-OH is 1. The largest absolute Gasteiger partial charge is 0.506 e. The lowest BCUT2D eigenvalue weighted by Crippen LogP contribution is -2.22. The van der Waals surface area contributed by atoms with Crippen molar-refractivity contribution >= 4 is 37.8 Å². The maximum absolute atomic E-state index is 10.5. The summed E-state index contributed by atoms with van der Waals surface area (Å²) in [4.78, 5) is 10.4. The van der Waals surface area contributed by atoms with Gasteiger partial charge in [0.15, 0.2) is 0 Å². The first-order chi connectivity index (χ1) is 10.4. The van der Waals surface area contributed by atoms with E-state index >= 15 is 0 Å². The molecule has 0 aromatic heterocycles. The number of hydrogen-bond acceptors (Lipinski definition) is 4. The van der Waals surface area contributed by atoms with E-state index in [1.165, 1.54) is 6.08 Å². The molecule has 0 aliphatic rings. The number of phenolic OH excluding ortho intramolecular Hbond substituents is 1. The Hall–Kier alpha value is -0.890. The lowest BCUT2D eigenvalue weighted by molar-refractivity contribution is -0.131. The van der Waals surface area contributed by atoms with Crippen LogP contribution in [-0.2, 0) is 9.53 Å². The Balaban J connectivity index is 2.88. The minimum Gasteiger partial charge on any atom is -0.506 e. The predicted molar refractivity (Wildman–Crippen MR) is 89.9 cm³/mol. The molecule has 3 N–H and O–H groups in total. The molecule has 0 heterocycles. The Bertz CT molecular complexity index is 545. The monoisotopic (exact) mass is 436 g/mol. The van der Waals surface area contributed by atoms with Gasteiger partial charge >= 0.3 is 5.97 Å². The van der Waals surface area contributed by atoms with Gasteiger partial charge in [-0.25, -0.2) is 4.79 Å². The minimum absolute atomic E-state index is 0.0403. The van der Waals surface area contributed by atoms with Crippen LogP contribution in [0.2, 0.25) is 0 Å². The van der Waals surface area contributed by atoms with Crippen LogP contribution in [0, 0.1) is 0 Å². The molecule has 1 aromatic carbocycles. The molecule has 0 radical (unpaired) electrons. The van der Waals surface area contributed by atoms with Crippen LogP contribution in [0.15, 0.2) is 33.2 Å². The van der Waals surface area contributed by atoms with Crippen molar-refractivity contribution in [3.63, 3.8) is 0 Å². The SMILES string of the molecule is CCO[C@@H](CC/C=C/C(=O)O)[C@@H](O)c1cc(Br)cc(Br)c1O. The van der Waals surface area contributed by atoms with Gasteiger partial charge in [-0.1, -0.05) is 22.0 Å². The molecule has 0 unspecified atom stereocenters. The first kappa shape index (κ1) is 19.2. The third-order valence-electron chi connectivity index (χ3n) is 2.99. The first-order valence-corrected chi connectivity index (χ1v) is 8.32. The van der Waals surface area contributed by atoms with E-state index in [-0.39, 0.29) is 5.75 Å². The van der Waals surface area contributed by atoms with Crippen LogP contribution in [0.25, 0.3) is 0 Å². The normalized spacial score (nSPS) is 14.2. The van der Waals surface area contributed by atoms with Crippen molar-refractivity contribution in [3.8, 4) is 5.75 Å². The molecule has 1 rings (SSSR count). The zero-order valence-electron chi connectivity index (χ0n) is 12.0. The highest BCUT2D eigenvalue weighted by molar-refractivity contribution is 9.11. The summed E-state index contributed by atoms with van der Waals surface area (Å²) in [5.41, 5.74) is 0.349. The van der Waals surface area contributed by atoms with Crippen molar-refractivity contribution in [2.24, 2.45) is 0 Å². The van der Waals surface area contributed by atoms with E-state index in [1.807, 2.05) is 6.92 Å². The summed E-state index contributed by atoms with van der Waals surface area (Å²) >= 11 is 6.54. The van der Waals surface area contributed by atoms with E-state index < -0.39 is 18.2 Å². The molecule has 0 fully saturated rings. The average Bonchev–Trinajstić information content (AvgIpc) is 2.45. The fraction of sp³-hybridized carbons (Fsp3) is 0.400. The Kier molecular flexibility index (Phi) is 8.09. The minimum atomic E-state index is -1.02. The van der Waals surface area contributed by atoms with E-state index in [4.69, 9.17) is 9.84 Å². The number of carboxylic acids is 1. The topological polar surface area (TPSA) is 87.0 Å². The summed E-state index contributed by atoms with van der Waals surface area (Å²) < 4.78 is 6.71. The second-order valence-electron chi connectivity index (χ2n) is 4.58. The maximum atomic E-state index is 10.5. The number of hydrogen-bond donors (Lipinski definition) is 3. The molecule has 0 spiro atoms. The number of aliphatic hydroxyl groups is 1. The highest BCUT2D eigenvalue weighted by atomic mass is 79.9. The fourth-order valence-corrected chi connectivity index (χ4v) is 3.26. The number of carbonyl (C=O) groups is 1. The molecular formula is C15H18Br2O5. The van der Waals surface area contributed by atoms with E-state index in [0.717, 1.165) is 6.08 Å². The zero-order chi connectivity index (χ0) is 16.7. The molecule has 0 aliphatic heterocycles. The molecule has 22 heavy (non-hydrogen) atoms. The number of allylic oxidation sites excluding steroid dienone is 1. The van der Waals surface area contributed by atoms with Crippen LogP contribution in [0.3, 0.4) is 0 Å². The number of rotatable bonds is 8. The van der Waals surface area contributed by atoms with Crippen LogP contribution in [0.4, 0.5) is 0 Å². The molecule has 7 heteroatoms. The van der Waals surface area contributed by atoms with Gasteiger partial charge in [-0.2, -0.15) is 0 Å². The Morgan fingerprint density at radius 2 is 2.09 bits per heavy atom. The fourth-order valence-electron chi connectivity index (χ4n) is 2.00. The van der Waals surface area contributed by atoms with Crippen LogP contribution < -0.4 is 0 Å². The lowest BCUT2D eigenvalue weighted by atomic mass is 9.99. The van der Waals surface area contributed by atoms with Gasteiger partial charge in [-0.15, -0.1) is 0 Å². The summed E-state index contributed by atoms with van der Waals surface area (Å²) in [6.45, 7) is 2.21. The number of benzene rings is 1. The van der Waals surface area contributed by atoms with E-state index in [1.54, 1.807) is 12.1 Å². The lowest BCUT2D eigenvalue weighted by Gasteiger charge is -2.24. The van der Waals surface area contributed by atoms with Gasteiger partial charge in [0.25, 0.3) is 0 Å². The van der Waals surface area contributed by atoms with Crippen molar-refractivity contribution in [3.05, 3.63) is 38.8 Å². The van der Waals surface area contributed by atoms with E-state index in [9.17, 15) is 15.0 Å². The summed E-state index contributed by atoms with van der Waals surface area (Å²) in [5.74, 6) is -1.05. The third kappa shape index (κ3) is 5.72. The summed E-state index contributed by atoms with van der Waals surface area (Å²) in [7, 11) is 0. The Morgan fingerprint density at radius 1 is 1.41 bits per heavy atom. The predicted octanol–water partition coefficient (Wildman–Crippen LogP) is 3.78. The summed E-state index contributed by atoms with van der Waals surface area (Å²) in [6.07, 6.45) is 1.88. The summed E-state index contributed by atoms with van der Waals surface area (Å²) in [6, 6.07) is 3.31. The quantitative estimate of drug-likeness (QED) is 0.538. The maximum Gasteiger partial charge on any atom is 0.327 e. The number of carboxylic acid groups (broad SMARTS) is 1. The van der Waals surface area contributed by atoms with Crippen molar-refractivity contribution in [1.29, 1.82) is 0 Å². The smallest absolute Gasteiger partial charge is 0.327 e. The van der Waals surface area contributed by atoms with Crippen molar-refractivity contribution in [1.82, 2.24) is 0 Å². The molecule has 0 amide bonds. The van der Waals surface area contributed by atoms with Gasteiger partial charge in [0, 0.05) is 22.7 Å². The van der Waals surface area contributed by atoms with Crippen molar-refractivity contribution in [2.45, 2.75) is 32.0 Å². The molecule has 0 saturated heterocycles. The molecule has 2 atom stereocenters. The van der Waals surface area contributed by atoms with E-state index in [0.29, 0.717) is 34.0 Å².